The van der Waals surface area contributed by atoms with Crippen LogP contribution < -0.4 is 0 Å². The lowest BCUT2D eigenvalue weighted by atomic mass is 10.2. The Morgan fingerprint density at radius 1 is 1.44 bits per heavy atom. The van der Waals surface area contributed by atoms with E-state index in [9.17, 15) is 4.79 Å². The van der Waals surface area contributed by atoms with Gasteiger partial charge in [0.05, 0.1) is 5.69 Å². The molecule has 0 spiro atoms. The number of carboxylic acids is 1. The van der Waals surface area contributed by atoms with Gasteiger partial charge in [0.1, 0.15) is 4.88 Å². The molecule has 18 heavy (non-hydrogen) atoms. The molecule has 2 aromatic rings. The van der Waals surface area contributed by atoms with Crippen LogP contribution in [0.1, 0.15) is 20.9 Å². The molecule has 0 aliphatic rings. The van der Waals surface area contributed by atoms with Crippen molar-refractivity contribution in [2.45, 2.75) is 13.1 Å². The number of hydrogen-bond donors (Lipinski definition) is 1. The summed E-state index contributed by atoms with van der Waals surface area (Å²) in [5, 5.41) is 10.8. The van der Waals surface area contributed by atoms with Crippen LogP contribution in [-0.2, 0) is 13.1 Å². The predicted octanol–water partition coefficient (Wildman–Crippen LogP) is 1.87. The normalized spacial score (nSPS) is 10.8. The Kier molecular flexibility index (Phi) is 4.01. The molecule has 0 aliphatic carbocycles. The summed E-state index contributed by atoms with van der Waals surface area (Å²) < 4.78 is 0. The molecule has 2 aromatic heterocycles. The second-order valence-corrected chi connectivity index (χ2v) is 4.87. The zero-order valence-corrected chi connectivity index (χ0v) is 10.7. The van der Waals surface area contributed by atoms with Gasteiger partial charge in [-0.2, -0.15) is 0 Å². The third kappa shape index (κ3) is 3.12. The number of carbonyl (C=O) groups is 1. The second-order valence-electron chi connectivity index (χ2n) is 3.95. The summed E-state index contributed by atoms with van der Waals surface area (Å²) in [6.45, 7) is 1.23. The van der Waals surface area contributed by atoms with Crippen LogP contribution in [0.15, 0.2) is 30.0 Å². The molecular weight excluding hydrogens is 250 g/mol. The summed E-state index contributed by atoms with van der Waals surface area (Å²) in [6.07, 6.45) is 4.99. The van der Waals surface area contributed by atoms with Crippen molar-refractivity contribution in [3.8, 4) is 0 Å². The first-order chi connectivity index (χ1) is 8.66. The van der Waals surface area contributed by atoms with Crippen LogP contribution in [-0.4, -0.2) is 33.0 Å². The Bertz CT molecular complexity index is 527. The van der Waals surface area contributed by atoms with E-state index in [0.29, 0.717) is 18.0 Å². The zero-order chi connectivity index (χ0) is 13.0. The lowest BCUT2D eigenvalue weighted by molar-refractivity contribution is 0.0700. The molecule has 0 aliphatic heterocycles. The van der Waals surface area contributed by atoms with Crippen LogP contribution in [0.25, 0.3) is 0 Å². The van der Waals surface area contributed by atoms with Crippen LogP contribution in [0.2, 0.25) is 0 Å². The SMILES string of the molecule is CN(Cc1cnccn1)Cc1ccsc1C(=O)O. The number of thiophene rings is 1. The molecule has 2 heterocycles. The average Bonchev–Trinajstić information content (AvgIpc) is 2.78. The Balaban J connectivity index is 2.01. The maximum Gasteiger partial charge on any atom is 0.346 e. The number of nitrogens with zero attached hydrogens (tertiary/aromatic N) is 3. The molecule has 5 nitrogen and oxygen atoms in total. The molecule has 0 amide bonds. The maximum absolute atomic E-state index is 11.0. The molecule has 2 rings (SSSR count). The van der Waals surface area contributed by atoms with E-state index in [4.69, 9.17) is 5.11 Å². The minimum atomic E-state index is -0.868. The molecule has 6 heteroatoms. The largest absolute Gasteiger partial charge is 0.477 e. The fourth-order valence-electron chi connectivity index (χ4n) is 1.68. The van der Waals surface area contributed by atoms with Crippen molar-refractivity contribution in [1.29, 1.82) is 0 Å². The van der Waals surface area contributed by atoms with Crippen LogP contribution in [0, 0.1) is 0 Å². The number of hydrogen-bond acceptors (Lipinski definition) is 5. The summed E-state index contributed by atoms with van der Waals surface area (Å²) in [5.74, 6) is -0.868. The molecular formula is C12H13N3O2S. The first-order valence-electron chi connectivity index (χ1n) is 5.40. The second kappa shape index (κ2) is 5.70. The highest BCUT2D eigenvalue weighted by Gasteiger charge is 2.13. The first-order valence-corrected chi connectivity index (χ1v) is 6.28. The molecule has 0 unspecified atom stereocenters. The topological polar surface area (TPSA) is 66.3 Å². The standard InChI is InChI=1S/C12H13N3O2S/c1-15(8-10-6-13-3-4-14-10)7-9-2-5-18-11(9)12(16)17/h2-6H,7-8H2,1H3,(H,16,17). The van der Waals surface area contributed by atoms with Crippen molar-refractivity contribution in [1.82, 2.24) is 14.9 Å². The summed E-state index contributed by atoms with van der Waals surface area (Å²) in [6, 6.07) is 1.85. The molecule has 0 saturated heterocycles. The number of aromatic carboxylic acids is 1. The van der Waals surface area contributed by atoms with Gasteiger partial charge >= 0.3 is 5.97 Å². The van der Waals surface area contributed by atoms with E-state index in [0.717, 1.165) is 11.3 Å². The van der Waals surface area contributed by atoms with Crippen molar-refractivity contribution < 1.29 is 9.90 Å². The van der Waals surface area contributed by atoms with E-state index in [2.05, 4.69) is 9.97 Å². The van der Waals surface area contributed by atoms with Gasteiger partial charge in [0.15, 0.2) is 0 Å². The van der Waals surface area contributed by atoms with Crippen molar-refractivity contribution in [3.63, 3.8) is 0 Å². The quantitative estimate of drug-likeness (QED) is 0.892. The third-order valence-corrected chi connectivity index (χ3v) is 3.37. The van der Waals surface area contributed by atoms with E-state index in [1.165, 1.54) is 11.3 Å². The molecule has 0 atom stereocenters. The van der Waals surface area contributed by atoms with Gasteiger partial charge in [-0.05, 0) is 24.1 Å². The minimum absolute atomic E-state index is 0.404. The molecule has 0 saturated carbocycles. The molecule has 0 radical (unpaired) electrons. The van der Waals surface area contributed by atoms with E-state index in [1.54, 1.807) is 24.0 Å². The first kappa shape index (κ1) is 12.7. The van der Waals surface area contributed by atoms with Crippen molar-refractivity contribution in [2.75, 3.05) is 7.05 Å². The maximum atomic E-state index is 11.0. The number of rotatable bonds is 5. The van der Waals surface area contributed by atoms with Crippen molar-refractivity contribution in [2.24, 2.45) is 0 Å². The van der Waals surface area contributed by atoms with Gasteiger partial charge in [-0.15, -0.1) is 11.3 Å². The average molecular weight is 263 g/mol. The predicted molar refractivity (Wildman–Crippen MR) is 68.5 cm³/mol. The Morgan fingerprint density at radius 2 is 2.28 bits per heavy atom. The van der Waals surface area contributed by atoms with E-state index >= 15 is 0 Å². The van der Waals surface area contributed by atoms with Gasteiger partial charge in [0.25, 0.3) is 0 Å². The van der Waals surface area contributed by atoms with Gasteiger partial charge in [-0.3, -0.25) is 14.9 Å². The fourth-order valence-corrected chi connectivity index (χ4v) is 2.44. The molecule has 0 aromatic carbocycles. The fraction of sp³-hybridized carbons (Fsp3) is 0.250. The van der Waals surface area contributed by atoms with Crippen LogP contribution in [0.5, 0.6) is 0 Å². The third-order valence-electron chi connectivity index (χ3n) is 2.43. The zero-order valence-electron chi connectivity index (χ0n) is 9.91. The number of aromatic nitrogens is 2. The summed E-state index contributed by atoms with van der Waals surface area (Å²) in [5.41, 5.74) is 1.70. The molecule has 94 valence electrons. The highest BCUT2D eigenvalue weighted by Crippen LogP contribution is 2.18. The highest BCUT2D eigenvalue weighted by molar-refractivity contribution is 7.12. The van der Waals surface area contributed by atoms with Crippen molar-refractivity contribution >= 4 is 17.3 Å². The van der Waals surface area contributed by atoms with Crippen LogP contribution in [0.3, 0.4) is 0 Å². The number of carboxylic acid groups (broad SMARTS) is 1. The van der Waals surface area contributed by atoms with Crippen LogP contribution >= 0.6 is 11.3 Å². The van der Waals surface area contributed by atoms with E-state index < -0.39 is 5.97 Å². The summed E-state index contributed by atoms with van der Waals surface area (Å²) in [7, 11) is 1.93. The Morgan fingerprint density at radius 3 is 2.94 bits per heavy atom. The minimum Gasteiger partial charge on any atom is -0.477 e. The van der Waals surface area contributed by atoms with Gasteiger partial charge in [0, 0.05) is 31.7 Å². The van der Waals surface area contributed by atoms with E-state index in [1.807, 2.05) is 18.0 Å². The van der Waals surface area contributed by atoms with E-state index in [-0.39, 0.29) is 0 Å². The molecule has 0 bridgehead atoms. The monoisotopic (exact) mass is 263 g/mol. The van der Waals surface area contributed by atoms with Gasteiger partial charge < -0.3 is 5.11 Å². The van der Waals surface area contributed by atoms with Crippen LogP contribution in [0.4, 0.5) is 0 Å². The Hall–Kier alpha value is -1.79. The molecule has 1 N–H and O–H groups in total. The smallest absolute Gasteiger partial charge is 0.346 e. The lowest BCUT2D eigenvalue weighted by Gasteiger charge is -2.15. The van der Waals surface area contributed by atoms with Crippen molar-refractivity contribution in [3.05, 3.63) is 46.2 Å². The van der Waals surface area contributed by atoms with Gasteiger partial charge in [0.2, 0.25) is 0 Å². The highest BCUT2D eigenvalue weighted by atomic mass is 32.1. The lowest BCUT2D eigenvalue weighted by Crippen LogP contribution is -2.19. The molecule has 0 fully saturated rings. The van der Waals surface area contributed by atoms with Gasteiger partial charge in [-0.1, -0.05) is 0 Å². The summed E-state index contributed by atoms with van der Waals surface area (Å²) >= 11 is 1.25. The van der Waals surface area contributed by atoms with Gasteiger partial charge in [-0.25, -0.2) is 4.79 Å². The summed E-state index contributed by atoms with van der Waals surface area (Å²) in [4.78, 5) is 21.6. The Labute approximate surface area is 109 Å².